The Hall–Kier alpha value is -7.19. The Morgan fingerprint density at radius 3 is 0.948 bits per heavy atom. The average Bonchev–Trinajstić information content (AvgIpc) is 3.26. The van der Waals surface area contributed by atoms with E-state index in [0.717, 1.165) is 39.1 Å². The average molecular weight is 773 g/mol. The van der Waals surface area contributed by atoms with E-state index in [9.17, 15) is 9.90 Å². The second-order valence-electron chi connectivity index (χ2n) is 13.7. The van der Waals surface area contributed by atoms with E-state index in [1.54, 1.807) is 18.2 Å². The van der Waals surface area contributed by atoms with Crippen molar-refractivity contribution >= 4 is 5.97 Å². The molecule has 58 heavy (non-hydrogen) atoms. The molecule has 8 nitrogen and oxygen atoms in total. The van der Waals surface area contributed by atoms with Crippen LogP contribution in [-0.2, 0) is 50.9 Å². The monoisotopic (exact) mass is 772 g/mol. The van der Waals surface area contributed by atoms with Gasteiger partial charge < -0.3 is 33.5 Å². The quantitative estimate of drug-likeness (QED) is 0.0819. The van der Waals surface area contributed by atoms with Gasteiger partial charge in [0.1, 0.15) is 74.1 Å². The fourth-order valence-corrected chi connectivity index (χ4v) is 6.17. The molecule has 1 N–H and O–H groups in total. The molecule has 0 unspecified atom stereocenters. The standard InChI is InChI=1S/C50H44O8/c51-50(52)28-40-22-46(57-35-42-21-41(34-53-44-19-11-4-12-20-44)24-45(25-42)54-31-37-13-5-1-6-14-37)29-47(23-40)58-36-43-26-48(55-32-38-15-7-2-8-16-38)30-49(27-43)56-33-39-17-9-3-10-18-39/h1-27,29-30H,28,31-36H2,(H,51,52). The first kappa shape index (κ1) is 39.1. The molecule has 0 bridgehead atoms. The normalized spacial score (nSPS) is 10.7. The van der Waals surface area contributed by atoms with Crippen LogP contribution >= 0.6 is 0 Å². The fourth-order valence-electron chi connectivity index (χ4n) is 6.17. The van der Waals surface area contributed by atoms with Crippen molar-refractivity contribution in [2.45, 2.75) is 46.1 Å². The highest BCUT2D eigenvalue weighted by Gasteiger charge is 2.12. The van der Waals surface area contributed by atoms with Crippen molar-refractivity contribution in [3.63, 3.8) is 0 Å². The highest BCUT2D eigenvalue weighted by Crippen LogP contribution is 2.29. The van der Waals surface area contributed by atoms with Gasteiger partial charge in [-0.25, -0.2) is 0 Å². The maximum absolute atomic E-state index is 11.8. The third-order valence-corrected chi connectivity index (χ3v) is 8.97. The molecular weight excluding hydrogens is 729 g/mol. The highest BCUT2D eigenvalue weighted by molar-refractivity contribution is 5.70. The van der Waals surface area contributed by atoms with Crippen LogP contribution in [0.4, 0.5) is 0 Å². The van der Waals surface area contributed by atoms with Crippen molar-refractivity contribution < 1.29 is 38.3 Å². The van der Waals surface area contributed by atoms with Crippen molar-refractivity contribution in [1.29, 1.82) is 0 Å². The lowest BCUT2D eigenvalue weighted by Gasteiger charge is -2.15. The zero-order valence-corrected chi connectivity index (χ0v) is 32.0. The van der Waals surface area contributed by atoms with Crippen molar-refractivity contribution in [3.8, 4) is 34.5 Å². The zero-order chi connectivity index (χ0) is 39.8. The Morgan fingerprint density at radius 2 is 0.586 bits per heavy atom. The van der Waals surface area contributed by atoms with E-state index in [0.29, 0.717) is 60.7 Å². The van der Waals surface area contributed by atoms with Gasteiger partial charge in [0, 0.05) is 12.1 Å². The molecule has 0 saturated carbocycles. The summed E-state index contributed by atoms with van der Waals surface area (Å²) in [5.41, 5.74) is 6.28. The van der Waals surface area contributed by atoms with Gasteiger partial charge in [-0.15, -0.1) is 0 Å². The summed E-state index contributed by atoms with van der Waals surface area (Å²) in [5.74, 6) is 2.70. The molecule has 0 atom stereocenters. The van der Waals surface area contributed by atoms with E-state index >= 15 is 0 Å². The molecule has 0 radical (unpaired) electrons. The molecule has 0 heterocycles. The fraction of sp³-hybridized carbons (Fsp3) is 0.140. The first-order valence-electron chi connectivity index (χ1n) is 19.1. The summed E-state index contributed by atoms with van der Waals surface area (Å²) in [5, 5.41) is 9.68. The predicted octanol–water partition coefficient (Wildman–Crippen LogP) is 10.8. The molecule has 292 valence electrons. The third-order valence-electron chi connectivity index (χ3n) is 8.97. The van der Waals surface area contributed by atoms with Crippen molar-refractivity contribution in [3.05, 3.63) is 215 Å². The van der Waals surface area contributed by atoms with Gasteiger partial charge in [-0.1, -0.05) is 109 Å². The summed E-state index contributed by atoms with van der Waals surface area (Å²) < 4.78 is 37.3. The topological polar surface area (TPSA) is 92.7 Å². The molecule has 0 fully saturated rings. The van der Waals surface area contributed by atoms with E-state index < -0.39 is 5.97 Å². The van der Waals surface area contributed by atoms with Crippen LogP contribution in [-0.4, -0.2) is 11.1 Å². The summed E-state index contributed by atoms with van der Waals surface area (Å²) in [4.78, 5) is 11.8. The number of hydrogen-bond acceptors (Lipinski definition) is 7. The number of benzene rings is 7. The lowest BCUT2D eigenvalue weighted by molar-refractivity contribution is -0.136. The van der Waals surface area contributed by atoms with Gasteiger partial charge in [0.05, 0.1) is 6.42 Å². The molecule has 0 amide bonds. The lowest BCUT2D eigenvalue weighted by Crippen LogP contribution is -2.05. The maximum atomic E-state index is 11.8. The first-order valence-corrected chi connectivity index (χ1v) is 19.1. The van der Waals surface area contributed by atoms with Crippen LogP contribution in [0.3, 0.4) is 0 Å². The molecule has 0 aromatic heterocycles. The number of para-hydroxylation sites is 1. The Labute approximate surface area is 338 Å². The summed E-state index contributed by atoms with van der Waals surface area (Å²) in [7, 11) is 0. The molecule has 0 aliphatic carbocycles. The Bertz CT molecular complexity index is 2070. The maximum Gasteiger partial charge on any atom is 0.307 e. The van der Waals surface area contributed by atoms with E-state index in [1.165, 1.54) is 0 Å². The molecule has 0 aliphatic rings. The molecule has 7 rings (SSSR count). The van der Waals surface area contributed by atoms with Crippen molar-refractivity contribution in [1.82, 2.24) is 0 Å². The lowest BCUT2D eigenvalue weighted by atomic mass is 10.1. The van der Waals surface area contributed by atoms with Gasteiger partial charge in [0.25, 0.3) is 0 Å². The highest BCUT2D eigenvalue weighted by atomic mass is 16.5. The van der Waals surface area contributed by atoms with Crippen LogP contribution in [0.25, 0.3) is 0 Å². The third kappa shape index (κ3) is 12.4. The van der Waals surface area contributed by atoms with Gasteiger partial charge in [0.2, 0.25) is 0 Å². The second-order valence-corrected chi connectivity index (χ2v) is 13.7. The summed E-state index contributed by atoms with van der Waals surface area (Å²) in [6, 6.07) is 56.4. The minimum absolute atomic E-state index is 0.172. The van der Waals surface area contributed by atoms with Gasteiger partial charge in [0.15, 0.2) is 0 Å². The molecule has 8 heteroatoms. The number of carbonyl (C=O) groups is 1. The SMILES string of the molecule is O=C(O)Cc1cc(OCc2cc(COc3ccccc3)cc(OCc3ccccc3)c2)cc(OCc2cc(OCc3ccccc3)cc(OCc3ccccc3)c2)c1. The van der Waals surface area contributed by atoms with Gasteiger partial charge in [-0.2, -0.15) is 0 Å². The van der Waals surface area contributed by atoms with Crippen LogP contribution in [0.1, 0.15) is 38.9 Å². The van der Waals surface area contributed by atoms with Gasteiger partial charge in [-0.05, 0) is 93.5 Å². The Balaban J connectivity index is 1.07. The molecular formula is C50H44O8. The summed E-state index contributed by atoms with van der Waals surface area (Å²) in [6.45, 7) is 1.90. The smallest absolute Gasteiger partial charge is 0.307 e. The predicted molar refractivity (Wildman–Crippen MR) is 222 cm³/mol. The van der Waals surface area contributed by atoms with E-state index in [-0.39, 0.29) is 19.6 Å². The minimum Gasteiger partial charge on any atom is -0.489 e. The number of aliphatic carboxylic acids is 1. The van der Waals surface area contributed by atoms with E-state index in [1.807, 2.05) is 158 Å². The van der Waals surface area contributed by atoms with Crippen LogP contribution in [0.2, 0.25) is 0 Å². The molecule has 0 saturated heterocycles. The van der Waals surface area contributed by atoms with Crippen LogP contribution in [0.5, 0.6) is 34.5 Å². The van der Waals surface area contributed by atoms with E-state index in [2.05, 4.69) is 0 Å². The van der Waals surface area contributed by atoms with Gasteiger partial charge in [-0.3, -0.25) is 4.79 Å². The Morgan fingerprint density at radius 1 is 0.310 bits per heavy atom. The van der Waals surface area contributed by atoms with Gasteiger partial charge >= 0.3 is 5.97 Å². The zero-order valence-electron chi connectivity index (χ0n) is 32.0. The van der Waals surface area contributed by atoms with Crippen LogP contribution in [0.15, 0.2) is 176 Å². The number of rotatable bonds is 20. The largest absolute Gasteiger partial charge is 0.489 e. The summed E-state index contributed by atoms with van der Waals surface area (Å²) >= 11 is 0. The van der Waals surface area contributed by atoms with E-state index in [4.69, 9.17) is 28.4 Å². The second kappa shape index (κ2) is 20.1. The number of ether oxygens (including phenoxy) is 6. The number of hydrogen-bond donors (Lipinski definition) is 1. The van der Waals surface area contributed by atoms with Crippen molar-refractivity contribution in [2.75, 3.05) is 0 Å². The minimum atomic E-state index is -0.960. The molecule has 7 aromatic carbocycles. The first-order chi connectivity index (χ1) is 28.5. The van der Waals surface area contributed by atoms with Crippen LogP contribution < -0.4 is 28.4 Å². The van der Waals surface area contributed by atoms with Crippen LogP contribution in [0, 0.1) is 0 Å². The number of carboxylic acid groups (broad SMARTS) is 1. The molecule has 7 aromatic rings. The number of carboxylic acids is 1. The molecule has 0 aliphatic heterocycles. The van der Waals surface area contributed by atoms with Crippen molar-refractivity contribution in [2.24, 2.45) is 0 Å². The Kier molecular flexibility index (Phi) is 13.5. The summed E-state index contributed by atoms with van der Waals surface area (Å²) in [6.07, 6.45) is -0.197. The molecule has 0 spiro atoms.